The van der Waals surface area contributed by atoms with E-state index in [-0.39, 0.29) is 11.9 Å². The van der Waals surface area contributed by atoms with Crippen molar-refractivity contribution in [2.45, 2.75) is 74.4 Å². The van der Waals surface area contributed by atoms with Crippen LogP contribution in [0.4, 0.5) is 4.79 Å². The van der Waals surface area contributed by atoms with E-state index in [0.29, 0.717) is 6.04 Å². The van der Waals surface area contributed by atoms with Crippen LogP contribution in [-0.2, 0) is 4.79 Å². The van der Waals surface area contributed by atoms with Gasteiger partial charge < -0.3 is 5.32 Å². The molecule has 3 amide bonds. The van der Waals surface area contributed by atoms with E-state index in [1.807, 2.05) is 17.5 Å². The molecule has 4 rings (SSSR count). The fourth-order valence-electron chi connectivity index (χ4n) is 3.49. The normalized spacial score (nSPS) is 18.6. The fourth-order valence-corrected chi connectivity index (χ4v) is 5.11. The smallest absolute Gasteiger partial charge is 0.321 e. The Labute approximate surface area is 172 Å². The first-order valence-corrected chi connectivity index (χ1v) is 11.6. The lowest BCUT2D eigenvalue weighted by atomic mass is 9.96. The number of urea groups is 1. The average Bonchev–Trinajstić information content (AvgIpc) is 3.21. The molecule has 2 fully saturated rings. The van der Waals surface area contributed by atoms with Crippen LogP contribution >= 0.6 is 23.1 Å². The van der Waals surface area contributed by atoms with Crippen molar-refractivity contribution < 1.29 is 9.59 Å². The lowest BCUT2D eigenvalue weighted by Crippen LogP contribution is -2.47. The Kier molecular flexibility index (Phi) is 6.01. The maximum Gasteiger partial charge on any atom is 0.321 e. The van der Waals surface area contributed by atoms with Gasteiger partial charge in [-0.1, -0.05) is 37.1 Å². The van der Waals surface area contributed by atoms with E-state index in [0.717, 1.165) is 54.4 Å². The summed E-state index contributed by atoms with van der Waals surface area (Å²) in [5.41, 5.74) is 0. The molecule has 2 N–H and O–H groups in total. The predicted octanol–water partition coefficient (Wildman–Crippen LogP) is 3.98. The minimum absolute atomic E-state index is 0.177. The molecule has 28 heavy (non-hydrogen) atoms. The van der Waals surface area contributed by atoms with Gasteiger partial charge in [0.15, 0.2) is 11.0 Å². The summed E-state index contributed by atoms with van der Waals surface area (Å²) in [5, 5.41) is 16.4. The van der Waals surface area contributed by atoms with Crippen LogP contribution in [0.3, 0.4) is 0 Å². The molecule has 1 atom stereocenters. The van der Waals surface area contributed by atoms with Gasteiger partial charge in [-0.25, -0.2) is 4.79 Å². The number of aromatic nitrogens is 3. The van der Waals surface area contributed by atoms with Gasteiger partial charge in [0.1, 0.15) is 0 Å². The zero-order valence-electron chi connectivity index (χ0n) is 15.9. The summed E-state index contributed by atoms with van der Waals surface area (Å²) in [4.78, 5) is 25.7. The molecule has 0 aliphatic heterocycles. The number of thioether (sulfide) groups is 1. The first-order valence-electron chi connectivity index (χ1n) is 9.88. The van der Waals surface area contributed by atoms with Gasteiger partial charge in [0.2, 0.25) is 5.91 Å². The molecule has 0 unspecified atom stereocenters. The summed E-state index contributed by atoms with van der Waals surface area (Å²) >= 11 is 2.99. The van der Waals surface area contributed by atoms with Gasteiger partial charge >= 0.3 is 6.03 Å². The first kappa shape index (κ1) is 19.4. The van der Waals surface area contributed by atoms with E-state index in [1.54, 1.807) is 18.3 Å². The number of amides is 3. The summed E-state index contributed by atoms with van der Waals surface area (Å²) in [5.74, 6) is 0.559. The predicted molar refractivity (Wildman–Crippen MR) is 110 cm³/mol. The molecule has 0 bridgehead atoms. The Bertz CT molecular complexity index is 826. The molecule has 0 spiro atoms. The number of carbonyl (C=O) groups excluding carboxylic acids is 2. The van der Waals surface area contributed by atoms with Gasteiger partial charge in [0.25, 0.3) is 0 Å². The summed E-state index contributed by atoms with van der Waals surface area (Å²) in [7, 11) is 0. The van der Waals surface area contributed by atoms with E-state index >= 15 is 0 Å². The minimum Gasteiger partial charge on any atom is -0.335 e. The number of rotatable bonds is 6. The number of nitrogens with zero attached hydrogens (tertiary/aromatic N) is 3. The summed E-state index contributed by atoms with van der Waals surface area (Å²) in [6.45, 7) is 1.80. The molecule has 2 aromatic heterocycles. The van der Waals surface area contributed by atoms with Crippen molar-refractivity contribution in [2.75, 3.05) is 0 Å². The monoisotopic (exact) mass is 419 g/mol. The number of thiophene rings is 1. The third-order valence-corrected chi connectivity index (χ3v) is 7.07. The van der Waals surface area contributed by atoms with Crippen molar-refractivity contribution in [3.05, 3.63) is 17.5 Å². The molecule has 150 valence electrons. The highest BCUT2D eigenvalue weighted by atomic mass is 32.2. The third-order valence-electron chi connectivity index (χ3n) is 5.15. The molecule has 0 radical (unpaired) electrons. The summed E-state index contributed by atoms with van der Waals surface area (Å²) in [6.07, 6.45) is 7.68. The molecular formula is C19H25N5O2S2. The van der Waals surface area contributed by atoms with Crippen molar-refractivity contribution in [2.24, 2.45) is 0 Å². The van der Waals surface area contributed by atoms with Gasteiger partial charge in [0.05, 0.1) is 10.1 Å². The molecule has 9 heteroatoms. The Morgan fingerprint density at radius 1 is 1.21 bits per heavy atom. The van der Waals surface area contributed by atoms with Gasteiger partial charge in [-0.2, -0.15) is 0 Å². The number of hydrogen-bond acceptors (Lipinski definition) is 6. The van der Waals surface area contributed by atoms with E-state index in [2.05, 4.69) is 25.4 Å². The molecule has 7 nitrogen and oxygen atoms in total. The number of imide groups is 1. The molecule has 2 aliphatic carbocycles. The van der Waals surface area contributed by atoms with Crippen LogP contribution in [0, 0.1) is 0 Å². The van der Waals surface area contributed by atoms with Crippen molar-refractivity contribution in [1.29, 1.82) is 0 Å². The van der Waals surface area contributed by atoms with Gasteiger partial charge in [0, 0.05) is 12.1 Å². The molecule has 0 saturated heterocycles. The average molecular weight is 420 g/mol. The van der Waals surface area contributed by atoms with Crippen LogP contribution in [0.15, 0.2) is 22.7 Å². The fraction of sp³-hybridized carbons (Fsp3) is 0.579. The van der Waals surface area contributed by atoms with E-state index in [1.165, 1.54) is 18.2 Å². The Morgan fingerprint density at radius 3 is 2.68 bits per heavy atom. The minimum atomic E-state index is -0.435. The van der Waals surface area contributed by atoms with Gasteiger partial charge in [-0.05, 0) is 44.1 Å². The van der Waals surface area contributed by atoms with Crippen molar-refractivity contribution in [3.8, 4) is 10.7 Å². The molecule has 2 heterocycles. The SMILES string of the molecule is C[C@@H](Sc1nnc(-c2cccs2)n1C1CC1)C(=O)NC(=O)NC1CCCCC1. The maximum absolute atomic E-state index is 12.5. The molecule has 2 aliphatic rings. The number of hydrogen-bond donors (Lipinski definition) is 2. The number of nitrogens with one attached hydrogen (secondary N) is 2. The van der Waals surface area contributed by atoms with Crippen LogP contribution in [-0.4, -0.2) is 38.0 Å². The summed E-state index contributed by atoms with van der Waals surface area (Å²) in [6, 6.07) is 4.22. The van der Waals surface area contributed by atoms with Crippen LogP contribution in [0.2, 0.25) is 0 Å². The topological polar surface area (TPSA) is 88.9 Å². The van der Waals surface area contributed by atoms with Gasteiger partial charge in [-0.3, -0.25) is 14.7 Å². The van der Waals surface area contributed by atoms with Crippen LogP contribution in [0.1, 0.15) is 57.9 Å². The second-order valence-corrected chi connectivity index (χ2v) is 9.70. The first-order chi connectivity index (χ1) is 13.6. The largest absolute Gasteiger partial charge is 0.335 e. The van der Waals surface area contributed by atoms with Crippen LogP contribution in [0.25, 0.3) is 10.7 Å². The van der Waals surface area contributed by atoms with Crippen molar-refractivity contribution in [3.63, 3.8) is 0 Å². The third kappa shape index (κ3) is 4.57. The second-order valence-electron chi connectivity index (χ2n) is 7.44. The lowest BCUT2D eigenvalue weighted by Gasteiger charge is -2.23. The van der Waals surface area contributed by atoms with Crippen LogP contribution in [0.5, 0.6) is 0 Å². The van der Waals surface area contributed by atoms with Crippen LogP contribution < -0.4 is 10.6 Å². The maximum atomic E-state index is 12.5. The number of carbonyl (C=O) groups is 2. The summed E-state index contributed by atoms with van der Waals surface area (Å²) < 4.78 is 2.14. The zero-order valence-corrected chi connectivity index (χ0v) is 17.5. The quantitative estimate of drug-likeness (QED) is 0.692. The molecular weight excluding hydrogens is 394 g/mol. The van der Waals surface area contributed by atoms with E-state index in [4.69, 9.17) is 0 Å². The Morgan fingerprint density at radius 2 is 2.00 bits per heavy atom. The molecule has 2 aromatic rings. The highest BCUT2D eigenvalue weighted by Crippen LogP contribution is 2.42. The highest BCUT2D eigenvalue weighted by molar-refractivity contribution is 8.00. The Hall–Kier alpha value is -1.87. The van der Waals surface area contributed by atoms with Crippen molar-refractivity contribution >= 4 is 35.0 Å². The molecule has 2 saturated carbocycles. The lowest BCUT2D eigenvalue weighted by molar-refractivity contribution is -0.119. The van der Waals surface area contributed by atoms with Crippen molar-refractivity contribution in [1.82, 2.24) is 25.4 Å². The Balaban J connectivity index is 1.37. The standard InChI is InChI=1S/C19H25N5O2S2/c1-12(17(25)21-18(26)20-13-6-3-2-4-7-13)28-19-23-22-16(15-8-5-11-27-15)24(19)14-9-10-14/h5,8,11-14H,2-4,6-7,9-10H2,1H3,(H2,20,21,25,26)/t12-/m1/s1. The van der Waals surface area contributed by atoms with E-state index in [9.17, 15) is 9.59 Å². The molecule has 0 aromatic carbocycles. The van der Waals surface area contributed by atoms with Gasteiger partial charge in [-0.15, -0.1) is 21.5 Å². The highest BCUT2D eigenvalue weighted by Gasteiger charge is 2.32. The second kappa shape index (κ2) is 8.65. The van der Waals surface area contributed by atoms with E-state index < -0.39 is 11.3 Å². The zero-order chi connectivity index (χ0) is 19.5.